The van der Waals surface area contributed by atoms with Crippen LogP contribution >= 0.6 is 15.9 Å². The average molecular weight is 342 g/mol. The van der Waals surface area contributed by atoms with Crippen molar-refractivity contribution in [1.29, 1.82) is 0 Å². The van der Waals surface area contributed by atoms with Crippen molar-refractivity contribution in [3.63, 3.8) is 0 Å². The Morgan fingerprint density at radius 3 is 2.35 bits per heavy atom. The molecule has 2 unspecified atom stereocenters. The molecule has 0 aliphatic rings. The standard InChI is InChI=1S/C16H24BrNO2/c1-11(2)15(8-9-19)18-16(20)10-12(3)13-4-6-14(17)7-5-13/h4-7,11-12,15,19H,8-10H2,1-3H3,(H,18,20). The summed E-state index contributed by atoms with van der Waals surface area (Å²) in [6.45, 7) is 6.27. The average Bonchev–Trinajstić information content (AvgIpc) is 2.38. The zero-order chi connectivity index (χ0) is 15.1. The molecule has 3 nitrogen and oxygen atoms in total. The zero-order valence-electron chi connectivity index (χ0n) is 12.4. The van der Waals surface area contributed by atoms with Crippen LogP contribution in [-0.4, -0.2) is 23.7 Å². The van der Waals surface area contributed by atoms with Crippen molar-refractivity contribution in [1.82, 2.24) is 5.32 Å². The number of aliphatic hydroxyl groups excluding tert-OH is 1. The lowest BCUT2D eigenvalue weighted by Crippen LogP contribution is -2.39. The topological polar surface area (TPSA) is 49.3 Å². The van der Waals surface area contributed by atoms with E-state index in [9.17, 15) is 4.79 Å². The number of carbonyl (C=O) groups excluding carboxylic acids is 1. The van der Waals surface area contributed by atoms with Gasteiger partial charge in [0.2, 0.25) is 5.91 Å². The van der Waals surface area contributed by atoms with E-state index in [4.69, 9.17) is 5.11 Å². The Morgan fingerprint density at radius 1 is 1.25 bits per heavy atom. The molecule has 0 spiro atoms. The van der Waals surface area contributed by atoms with Crippen LogP contribution in [0.1, 0.15) is 45.1 Å². The Balaban J connectivity index is 2.54. The Kier molecular flexibility index (Phi) is 7.24. The van der Waals surface area contributed by atoms with E-state index < -0.39 is 0 Å². The molecule has 2 N–H and O–H groups in total. The summed E-state index contributed by atoms with van der Waals surface area (Å²) in [5.74, 6) is 0.562. The molecule has 0 bridgehead atoms. The van der Waals surface area contributed by atoms with Gasteiger partial charge < -0.3 is 10.4 Å². The van der Waals surface area contributed by atoms with Gasteiger partial charge in [0.05, 0.1) is 0 Å². The van der Waals surface area contributed by atoms with E-state index >= 15 is 0 Å². The minimum Gasteiger partial charge on any atom is -0.396 e. The lowest BCUT2D eigenvalue weighted by Gasteiger charge is -2.22. The van der Waals surface area contributed by atoms with Gasteiger partial charge in [-0.25, -0.2) is 0 Å². The molecule has 0 saturated heterocycles. The molecule has 4 heteroatoms. The number of amides is 1. The minimum absolute atomic E-state index is 0.0459. The normalized spacial score (nSPS) is 14.1. The summed E-state index contributed by atoms with van der Waals surface area (Å²) in [7, 11) is 0. The van der Waals surface area contributed by atoms with Gasteiger partial charge in [-0.2, -0.15) is 0 Å². The molecular formula is C16H24BrNO2. The van der Waals surface area contributed by atoms with Crippen molar-refractivity contribution >= 4 is 21.8 Å². The maximum absolute atomic E-state index is 12.1. The fourth-order valence-electron chi connectivity index (χ4n) is 2.16. The Morgan fingerprint density at radius 2 is 1.85 bits per heavy atom. The first-order valence-corrected chi connectivity index (χ1v) is 7.89. The maximum Gasteiger partial charge on any atom is 0.220 e. The number of carbonyl (C=O) groups is 1. The molecule has 0 saturated carbocycles. The van der Waals surface area contributed by atoms with E-state index in [1.807, 2.05) is 24.3 Å². The summed E-state index contributed by atoms with van der Waals surface area (Å²) in [4.78, 5) is 12.1. The van der Waals surface area contributed by atoms with Crippen LogP contribution in [0, 0.1) is 5.92 Å². The second kappa shape index (κ2) is 8.42. The molecule has 1 aromatic rings. The van der Waals surface area contributed by atoms with Gasteiger partial charge in [0.1, 0.15) is 0 Å². The van der Waals surface area contributed by atoms with Crippen LogP contribution in [0.5, 0.6) is 0 Å². The summed E-state index contributed by atoms with van der Waals surface area (Å²) >= 11 is 3.41. The molecule has 0 aliphatic carbocycles. The van der Waals surface area contributed by atoms with Crippen molar-refractivity contribution in [2.45, 2.75) is 45.6 Å². The van der Waals surface area contributed by atoms with Gasteiger partial charge in [-0.15, -0.1) is 0 Å². The summed E-state index contributed by atoms with van der Waals surface area (Å²) in [6.07, 6.45) is 1.08. The Bertz CT molecular complexity index is 417. The third-order valence-corrected chi connectivity index (χ3v) is 4.05. The molecule has 0 heterocycles. The monoisotopic (exact) mass is 341 g/mol. The number of halogens is 1. The lowest BCUT2D eigenvalue weighted by molar-refractivity contribution is -0.122. The number of hydrogen-bond acceptors (Lipinski definition) is 2. The van der Waals surface area contributed by atoms with Crippen LogP contribution in [0.3, 0.4) is 0 Å². The SMILES string of the molecule is CC(CC(=O)NC(CCO)C(C)C)c1ccc(Br)cc1. The van der Waals surface area contributed by atoms with Crippen molar-refractivity contribution in [3.05, 3.63) is 34.3 Å². The van der Waals surface area contributed by atoms with Gasteiger partial charge >= 0.3 is 0 Å². The number of benzene rings is 1. The number of rotatable bonds is 7. The third kappa shape index (κ3) is 5.63. The van der Waals surface area contributed by atoms with E-state index in [2.05, 4.69) is 42.0 Å². The smallest absolute Gasteiger partial charge is 0.220 e. The van der Waals surface area contributed by atoms with Crippen LogP contribution in [0.15, 0.2) is 28.7 Å². The van der Waals surface area contributed by atoms with E-state index in [0.29, 0.717) is 18.8 Å². The fraction of sp³-hybridized carbons (Fsp3) is 0.562. The van der Waals surface area contributed by atoms with Gasteiger partial charge in [-0.3, -0.25) is 4.79 Å². The van der Waals surface area contributed by atoms with Gasteiger partial charge in [0, 0.05) is 23.5 Å². The van der Waals surface area contributed by atoms with Crippen LogP contribution in [0.25, 0.3) is 0 Å². The molecule has 1 aromatic carbocycles. The van der Waals surface area contributed by atoms with E-state index in [1.165, 1.54) is 0 Å². The van der Waals surface area contributed by atoms with Crippen LogP contribution in [0.4, 0.5) is 0 Å². The first kappa shape index (κ1) is 17.2. The highest BCUT2D eigenvalue weighted by molar-refractivity contribution is 9.10. The second-order valence-electron chi connectivity index (χ2n) is 5.59. The second-order valence-corrected chi connectivity index (χ2v) is 6.50. The van der Waals surface area contributed by atoms with Gasteiger partial charge in [0.15, 0.2) is 0 Å². The first-order valence-electron chi connectivity index (χ1n) is 7.09. The predicted molar refractivity (Wildman–Crippen MR) is 85.6 cm³/mol. The minimum atomic E-state index is 0.0459. The Hall–Kier alpha value is -0.870. The van der Waals surface area contributed by atoms with Crippen LogP contribution in [0.2, 0.25) is 0 Å². The molecule has 2 atom stereocenters. The summed E-state index contributed by atoms with van der Waals surface area (Å²) in [5, 5.41) is 12.0. The number of hydrogen-bond donors (Lipinski definition) is 2. The van der Waals surface area contributed by atoms with Crippen LogP contribution in [-0.2, 0) is 4.79 Å². The molecule has 20 heavy (non-hydrogen) atoms. The molecule has 0 radical (unpaired) electrons. The lowest BCUT2D eigenvalue weighted by atomic mass is 9.96. The van der Waals surface area contributed by atoms with Gasteiger partial charge in [-0.1, -0.05) is 48.8 Å². The van der Waals surface area contributed by atoms with E-state index in [1.54, 1.807) is 0 Å². The molecule has 0 aliphatic heterocycles. The maximum atomic E-state index is 12.1. The number of aliphatic hydroxyl groups is 1. The van der Waals surface area contributed by atoms with E-state index in [-0.39, 0.29) is 24.5 Å². The summed E-state index contributed by atoms with van der Waals surface area (Å²) in [5.41, 5.74) is 1.16. The van der Waals surface area contributed by atoms with Crippen molar-refractivity contribution in [2.75, 3.05) is 6.61 Å². The van der Waals surface area contributed by atoms with Crippen molar-refractivity contribution in [2.24, 2.45) is 5.92 Å². The van der Waals surface area contributed by atoms with Crippen molar-refractivity contribution in [3.8, 4) is 0 Å². The molecule has 1 amide bonds. The Labute approximate surface area is 129 Å². The highest BCUT2D eigenvalue weighted by atomic mass is 79.9. The fourth-order valence-corrected chi connectivity index (χ4v) is 2.43. The largest absolute Gasteiger partial charge is 0.396 e. The predicted octanol–water partition coefficient (Wildman–Crippen LogP) is 3.47. The van der Waals surface area contributed by atoms with E-state index in [0.717, 1.165) is 10.0 Å². The highest BCUT2D eigenvalue weighted by Crippen LogP contribution is 2.21. The van der Waals surface area contributed by atoms with Gasteiger partial charge in [0.25, 0.3) is 0 Å². The summed E-state index contributed by atoms with van der Waals surface area (Å²) in [6, 6.07) is 8.11. The molecule has 0 aromatic heterocycles. The quantitative estimate of drug-likeness (QED) is 0.797. The van der Waals surface area contributed by atoms with Crippen molar-refractivity contribution < 1.29 is 9.90 Å². The molecule has 0 fully saturated rings. The third-order valence-electron chi connectivity index (χ3n) is 3.52. The zero-order valence-corrected chi connectivity index (χ0v) is 14.0. The molecule has 1 rings (SSSR count). The summed E-state index contributed by atoms with van der Waals surface area (Å²) < 4.78 is 1.04. The molecule has 112 valence electrons. The highest BCUT2D eigenvalue weighted by Gasteiger charge is 2.17. The first-order chi connectivity index (χ1) is 9.43. The number of nitrogens with one attached hydrogen (secondary N) is 1. The van der Waals surface area contributed by atoms with Crippen LogP contribution < -0.4 is 5.32 Å². The van der Waals surface area contributed by atoms with Gasteiger partial charge in [-0.05, 0) is 36.0 Å². The molecular weight excluding hydrogens is 318 g/mol.